The minimum Gasteiger partial charge on any atom is -0.744 e. The van der Waals surface area contributed by atoms with E-state index in [4.69, 9.17) is 0 Å². The van der Waals surface area contributed by atoms with Gasteiger partial charge in [-0.05, 0) is 73.2 Å². The van der Waals surface area contributed by atoms with Crippen molar-refractivity contribution in [2.75, 3.05) is 0 Å². The molecule has 15 heteroatoms. The van der Waals surface area contributed by atoms with Crippen LogP contribution in [0, 0.1) is 11.8 Å². The molecule has 2 aliphatic rings. The van der Waals surface area contributed by atoms with Gasteiger partial charge in [0.1, 0.15) is 20.2 Å². The number of alkyl halides is 6. The van der Waals surface area contributed by atoms with Gasteiger partial charge in [0, 0.05) is 0 Å². The quantitative estimate of drug-likeness (QED) is 0.171. The van der Waals surface area contributed by atoms with Gasteiger partial charge in [0.05, 0.1) is 20.9 Å². The molecule has 4 rings (SSSR count). The van der Waals surface area contributed by atoms with Gasteiger partial charge in [-0.25, -0.2) is 16.8 Å². The van der Waals surface area contributed by atoms with Crippen molar-refractivity contribution >= 4 is 20.2 Å². The molecule has 0 heterocycles. The van der Waals surface area contributed by atoms with Crippen molar-refractivity contribution in [3.63, 3.8) is 0 Å². The fourth-order valence-electron chi connectivity index (χ4n) is 3.53. The maximum absolute atomic E-state index is 12.0. The summed E-state index contributed by atoms with van der Waals surface area (Å²) in [7, 11) is -9.36. The van der Waals surface area contributed by atoms with Crippen molar-refractivity contribution in [1.29, 1.82) is 0 Å². The summed E-state index contributed by atoms with van der Waals surface area (Å²) in [6.07, 6.45) is 2.40. The first-order valence-electron chi connectivity index (χ1n) is 10.6. The summed E-state index contributed by atoms with van der Waals surface area (Å²) in [5.74, 6) is 1.53. The Bertz CT molecular complexity index is 1310. The van der Waals surface area contributed by atoms with Gasteiger partial charge >= 0.3 is 32.8 Å². The summed E-state index contributed by atoms with van der Waals surface area (Å²) in [6.45, 7) is 3.74. The first kappa shape index (κ1) is 34.7. The number of hydrogen-bond donors (Lipinski definition) is 0. The number of rotatable bonds is 4. The van der Waals surface area contributed by atoms with Crippen molar-refractivity contribution in [2.45, 2.75) is 35.0 Å². The molecular weight excluding hydrogens is 669 g/mol. The predicted molar refractivity (Wildman–Crippen MR) is 122 cm³/mol. The second-order valence-corrected chi connectivity index (χ2v) is 10.8. The standard InChI is InChI=1S/C10H12.2C7H5F3O3S.Pd/c1-2-3-9-6-8-4-5-10(9)7-8;2*8-7(9,10)5-1-3-6(4-2-5)14(11,12)13;/h2,4-6,8,10H,1,3,7H2;2*1-4H,(H,11,12,13);/q;;;+2/p-2. The van der Waals surface area contributed by atoms with Crippen molar-refractivity contribution < 1.29 is 72.7 Å². The molecule has 0 radical (unpaired) electrons. The molecule has 0 saturated carbocycles. The maximum atomic E-state index is 12.0. The second-order valence-electron chi connectivity index (χ2n) is 8.08. The second kappa shape index (κ2) is 13.4. The number of fused-ring (bicyclic) bond motifs is 2. The van der Waals surface area contributed by atoms with E-state index in [9.17, 15) is 52.3 Å². The van der Waals surface area contributed by atoms with Crippen LogP contribution < -0.4 is 0 Å². The summed E-state index contributed by atoms with van der Waals surface area (Å²) in [5.41, 5.74) is -0.405. The normalized spacial score (nSPS) is 18.1. The third kappa shape index (κ3) is 10.7. The summed E-state index contributed by atoms with van der Waals surface area (Å²) >= 11 is 0. The van der Waals surface area contributed by atoms with Gasteiger partial charge in [-0.2, -0.15) is 26.3 Å². The van der Waals surface area contributed by atoms with E-state index in [1.54, 1.807) is 5.57 Å². The minimum atomic E-state index is -4.68. The summed E-state index contributed by atoms with van der Waals surface area (Å²) in [5, 5.41) is 0. The van der Waals surface area contributed by atoms with E-state index in [0.717, 1.165) is 18.3 Å². The van der Waals surface area contributed by atoms with E-state index in [0.29, 0.717) is 48.5 Å². The fraction of sp³-hybridized carbons (Fsp3) is 0.250. The van der Waals surface area contributed by atoms with Crippen LogP contribution in [-0.4, -0.2) is 25.9 Å². The molecule has 2 atom stereocenters. The zero-order chi connectivity index (χ0) is 28.9. The Morgan fingerprint density at radius 1 is 0.769 bits per heavy atom. The van der Waals surface area contributed by atoms with E-state index < -0.39 is 53.5 Å². The summed E-state index contributed by atoms with van der Waals surface area (Å²) in [4.78, 5) is -1.35. The summed E-state index contributed by atoms with van der Waals surface area (Å²) in [6, 6.07) is 4.71. The average molecular weight is 689 g/mol. The zero-order valence-corrected chi connectivity index (χ0v) is 22.7. The Hall–Kier alpha value is -2.28. The van der Waals surface area contributed by atoms with E-state index in [-0.39, 0.29) is 20.4 Å². The topological polar surface area (TPSA) is 114 Å². The molecule has 2 aromatic carbocycles. The zero-order valence-electron chi connectivity index (χ0n) is 19.6. The molecule has 0 amide bonds. The van der Waals surface area contributed by atoms with Crippen LogP contribution in [0.1, 0.15) is 24.0 Å². The molecule has 0 N–H and O–H groups in total. The minimum absolute atomic E-state index is 0. The van der Waals surface area contributed by atoms with Crippen molar-refractivity contribution in [3.8, 4) is 0 Å². The van der Waals surface area contributed by atoms with Crippen LogP contribution >= 0.6 is 0 Å². The van der Waals surface area contributed by atoms with Gasteiger partial charge in [0.15, 0.2) is 0 Å². The Morgan fingerprint density at radius 3 is 1.38 bits per heavy atom. The van der Waals surface area contributed by atoms with Crippen molar-refractivity contribution in [3.05, 3.63) is 96.1 Å². The molecule has 2 unspecified atom stereocenters. The molecule has 0 fully saturated rings. The van der Waals surface area contributed by atoms with Gasteiger partial charge in [-0.3, -0.25) is 0 Å². The smallest absolute Gasteiger partial charge is 0.744 e. The van der Waals surface area contributed by atoms with Gasteiger partial charge in [0.2, 0.25) is 0 Å². The van der Waals surface area contributed by atoms with E-state index in [1.807, 2.05) is 6.08 Å². The van der Waals surface area contributed by atoms with Crippen LogP contribution in [0.5, 0.6) is 0 Å². The van der Waals surface area contributed by atoms with Crippen LogP contribution in [-0.2, 0) is 53.0 Å². The van der Waals surface area contributed by atoms with E-state index >= 15 is 0 Å². The Kier molecular flexibility index (Phi) is 11.9. The molecular formula is C24H20F6O6PdS2. The molecule has 2 aliphatic carbocycles. The Morgan fingerprint density at radius 2 is 1.15 bits per heavy atom. The van der Waals surface area contributed by atoms with Crippen LogP contribution in [0.4, 0.5) is 26.3 Å². The van der Waals surface area contributed by atoms with Gasteiger partial charge < -0.3 is 9.11 Å². The number of halogens is 6. The monoisotopic (exact) mass is 688 g/mol. The van der Waals surface area contributed by atoms with Gasteiger partial charge in [-0.15, -0.1) is 6.58 Å². The molecule has 0 saturated heterocycles. The number of allylic oxidation sites excluding steroid dienone is 5. The molecule has 0 aliphatic heterocycles. The molecule has 216 valence electrons. The van der Waals surface area contributed by atoms with Crippen LogP contribution in [0.2, 0.25) is 0 Å². The molecule has 0 spiro atoms. The molecule has 39 heavy (non-hydrogen) atoms. The van der Waals surface area contributed by atoms with Crippen LogP contribution in [0.25, 0.3) is 0 Å². The Labute approximate surface area is 235 Å². The largest absolute Gasteiger partial charge is 2.00 e. The van der Waals surface area contributed by atoms with Crippen LogP contribution in [0.15, 0.2) is 94.8 Å². The van der Waals surface area contributed by atoms with E-state index in [1.165, 1.54) is 6.42 Å². The average Bonchev–Trinajstić information content (AvgIpc) is 3.42. The van der Waals surface area contributed by atoms with Gasteiger partial charge in [0.25, 0.3) is 0 Å². The predicted octanol–water partition coefficient (Wildman–Crippen LogP) is 5.91. The fourth-order valence-corrected chi connectivity index (χ4v) is 4.47. The SMILES string of the molecule is C=CCC1=CC2C=CC1C2.O=S(=O)([O-])c1ccc(C(F)(F)F)cc1.O=S(=O)([O-])c1ccc(C(F)(F)F)cc1.[Pd+2]. The van der Waals surface area contributed by atoms with Crippen molar-refractivity contribution in [2.24, 2.45) is 11.8 Å². The van der Waals surface area contributed by atoms with Gasteiger partial charge in [-0.1, -0.05) is 29.9 Å². The Balaban J connectivity index is 0.000000292. The number of hydrogen-bond acceptors (Lipinski definition) is 6. The molecule has 0 aromatic heterocycles. The summed E-state index contributed by atoms with van der Waals surface area (Å²) < 4.78 is 134. The first-order valence-corrected chi connectivity index (χ1v) is 13.4. The molecule has 2 bridgehead atoms. The first-order chi connectivity index (χ1) is 17.3. The van der Waals surface area contributed by atoms with Crippen molar-refractivity contribution in [1.82, 2.24) is 0 Å². The maximum Gasteiger partial charge on any atom is 2.00 e. The van der Waals surface area contributed by atoms with Crippen LogP contribution in [0.3, 0.4) is 0 Å². The van der Waals surface area contributed by atoms with E-state index in [2.05, 4.69) is 24.8 Å². The third-order valence-electron chi connectivity index (χ3n) is 5.34. The molecule has 6 nitrogen and oxygen atoms in total. The molecule has 2 aromatic rings. The number of benzene rings is 2. The third-order valence-corrected chi connectivity index (χ3v) is 7.04.